The number of nitro benzene ring substituents is 1. The number of benzene rings is 1. The molecule has 6 nitrogen and oxygen atoms in total. The van der Waals surface area contributed by atoms with E-state index in [1.165, 1.54) is 18.2 Å². The second-order valence-electron chi connectivity index (χ2n) is 4.08. The summed E-state index contributed by atoms with van der Waals surface area (Å²) in [5, 5.41) is 14.4. The van der Waals surface area contributed by atoms with Gasteiger partial charge in [-0.1, -0.05) is 28.9 Å². The van der Waals surface area contributed by atoms with E-state index in [0.29, 0.717) is 5.33 Å². The summed E-state index contributed by atoms with van der Waals surface area (Å²) < 4.78 is 5.29. The van der Waals surface area contributed by atoms with Gasteiger partial charge in [0.25, 0.3) is 5.91 Å². The van der Waals surface area contributed by atoms with E-state index in [1.54, 1.807) is 6.92 Å². The molecular weight excluding hydrogens is 328 g/mol. The SMILES string of the molecule is CCOc1c(C(=O)NC(CC)CBr)cccc1[N+](=O)[O-]. The van der Waals surface area contributed by atoms with Crippen LogP contribution in [0.2, 0.25) is 0 Å². The first-order valence-electron chi connectivity index (χ1n) is 6.32. The van der Waals surface area contributed by atoms with Crippen LogP contribution in [0.4, 0.5) is 5.69 Å². The van der Waals surface area contributed by atoms with Crippen LogP contribution >= 0.6 is 15.9 Å². The van der Waals surface area contributed by atoms with E-state index in [4.69, 9.17) is 4.74 Å². The van der Waals surface area contributed by atoms with Gasteiger partial charge in [0, 0.05) is 17.4 Å². The summed E-state index contributed by atoms with van der Waals surface area (Å²) in [5.41, 5.74) is -0.0214. The molecule has 0 aliphatic rings. The number of alkyl halides is 1. The summed E-state index contributed by atoms with van der Waals surface area (Å²) in [6, 6.07) is 4.29. The van der Waals surface area contributed by atoms with E-state index in [9.17, 15) is 14.9 Å². The molecule has 110 valence electrons. The fourth-order valence-corrected chi connectivity index (χ4v) is 2.28. The average Bonchev–Trinajstić information content (AvgIpc) is 2.44. The molecule has 0 aliphatic heterocycles. The Morgan fingerprint density at radius 2 is 2.20 bits per heavy atom. The Kier molecular flexibility index (Phi) is 6.44. The second-order valence-corrected chi connectivity index (χ2v) is 4.72. The number of hydrogen-bond acceptors (Lipinski definition) is 4. The third-order valence-corrected chi connectivity index (χ3v) is 3.52. The molecule has 0 fully saturated rings. The fourth-order valence-electron chi connectivity index (χ4n) is 1.66. The number of ether oxygens (including phenoxy) is 1. The van der Waals surface area contributed by atoms with E-state index in [2.05, 4.69) is 21.2 Å². The first-order chi connectivity index (χ1) is 9.54. The lowest BCUT2D eigenvalue weighted by molar-refractivity contribution is -0.385. The lowest BCUT2D eigenvalue weighted by Crippen LogP contribution is -2.35. The topological polar surface area (TPSA) is 81.5 Å². The molecule has 7 heteroatoms. The largest absolute Gasteiger partial charge is 0.487 e. The zero-order chi connectivity index (χ0) is 15.1. The van der Waals surface area contributed by atoms with Crippen molar-refractivity contribution in [1.29, 1.82) is 0 Å². The van der Waals surface area contributed by atoms with Crippen LogP contribution < -0.4 is 10.1 Å². The van der Waals surface area contributed by atoms with Crippen molar-refractivity contribution < 1.29 is 14.5 Å². The summed E-state index contributed by atoms with van der Waals surface area (Å²) in [6.45, 7) is 3.91. The molecule has 1 N–H and O–H groups in total. The summed E-state index contributed by atoms with van der Waals surface area (Å²) >= 11 is 3.31. The molecule has 1 aromatic carbocycles. The van der Waals surface area contributed by atoms with Gasteiger partial charge in [0.2, 0.25) is 5.75 Å². The Labute approximate surface area is 125 Å². The summed E-state index contributed by atoms with van der Waals surface area (Å²) in [4.78, 5) is 22.6. The highest BCUT2D eigenvalue weighted by atomic mass is 79.9. The van der Waals surface area contributed by atoms with Crippen molar-refractivity contribution in [1.82, 2.24) is 5.32 Å². The Bertz CT molecular complexity index is 489. The Hall–Kier alpha value is -1.63. The van der Waals surface area contributed by atoms with Crippen molar-refractivity contribution in [2.45, 2.75) is 26.3 Å². The maximum absolute atomic E-state index is 12.2. The van der Waals surface area contributed by atoms with Gasteiger partial charge in [-0.05, 0) is 19.4 Å². The van der Waals surface area contributed by atoms with Gasteiger partial charge in [0.05, 0.1) is 17.1 Å². The molecule has 1 unspecified atom stereocenters. The molecule has 0 spiro atoms. The average molecular weight is 345 g/mol. The van der Waals surface area contributed by atoms with Crippen LogP contribution in [-0.2, 0) is 0 Å². The Morgan fingerprint density at radius 3 is 2.70 bits per heavy atom. The number of rotatable bonds is 7. The highest BCUT2D eigenvalue weighted by Crippen LogP contribution is 2.31. The van der Waals surface area contributed by atoms with Gasteiger partial charge in [-0.3, -0.25) is 14.9 Å². The summed E-state index contributed by atoms with van der Waals surface area (Å²) in [5.74, 6) is -0.356. The molecular formula is C13H17BrN2O4. The second kappa shape index (κ2) is 7.84. The lowest BCUT2D eigenvalue weighted by atomic mass is 10.1. The van der Waals surface area contributed by atoms with Crippen molar-refractivity contribution in [3.8, 4) is 5.75 Å². The summed E-state index contributed by atoms with van der Waals surface area (Å²) in [7, 11) is 0. The molecule has 0 saturated carbocycles. The zero-order valence-electron chi connectivity index (χ0n) is 11.4. The highest BCUT2D eigenvalue weighted by molar-refractivity contribution is 9.09. The quantitative estimate of drug-likeness (QED) is 0.468. The van der Waals surface area contributed by atoms with Crippen LogP contribution in [0.5, 0.6) is 5.75 Å². The van der Waals surface area contributed by atoms with Crippen molar-refractivity contribution >= 4 is 27.5 Å². The van der Waals surface area contributed by atoms with E-state index in [-0.39, 0.29) is 35.6 Å². The first-order valence-corrected chi connectivity index (χ1v) is 7.44. The van der Waals surface area contributed by atoms with Crippen molar-refractivity contribution in [3.63, 3.8) is 0 Å². The molecule has 0 saturated heterocycles. The molecule has 1 rings (SSSR count). The van der Waals surface area contributed by atoms with Crippen LogP contribution in [0.3, 0.4) is 0 Å². The standard InChI is InChI=1S/C13H17BrN2O4/c1-3-9(8-14)15-13(17)10-6-5-7-11(16(18)19)12(10)20-4-2/h5-7,9H,3-4,8H2,1-2H3,(H,15,17). The van der Waals surface area contributed by atoms with Gasteiger partial charge in [0.1, 0.15) is 0 Å². The molecule has 0 heterocycles. The normalized spacial score (nSPS) is 11.8. The van der Waals surface area contributed by atoms with Crippen LogP contribution in [0.1, 0.15) is 30.6 Å². The van der Waals surface area contributed by atoms with E-state index in [0.717, 1.165) is 6.42 Å². The number of nitrogens with one attached hydrogen (secondary N) is 1. The maximum Gasteiger partial charge on any atom is 0.311 e. The van der Waals surface area contributed by atoms with Crippen LogP contribution in [0.25, 0.3) is 0 Å². The number of halogens is 1. The number of carbonyl (C=O) groups is 1. The number of nitrogens with zero attached hydrogens (tertiary/aromatic N) is 1. The zero-order valence-corrected chi connectivity index (χ0v) is 13.0. The predicted molar refractivity (Wildman–Crippen MR) is 79.6 cm³/mol. The van der Waals surface area contributed by atoms with Gasteiger partial charge in [-0.2, -0.15) is 0 Å². The molecule has 0 radical (unpaired) electrons. The van der Waals surface area contributed by atoms with Crippen LogP contribution in [0, 0.1) is 10.1 Å². The molecule has 0 bridgehead atoms. The fraction of sp³-hybridized carbons (Fsp3) is 0.462. The third kappa shape index (κ3) is 3.93. The van der Waals surface area contributed by atoms with Gasteiger partial charge in [0.15, 0.2) is 0 Å². The van der Waals surface area contributed by atoms with Crippen molar-refractivity contribution in [2.75, 3.05) is 11.9 Å². The van der Waals surface area contributed by atoms with Gasteiger partial charge in [-0.15, -0.1) is 0 Å². The summed E-state index contributed by atoms with van der Waals surface area (Å²) in [6.07, 6.45) is 0.760. The van der Waals surface area contributed by atoms with Gasteiger partial charge in [-0.25, -0.2) is 0 Å². The Morgan fingerprint density at radius 1 is 1.50 bits per heavy atom. The Balaban J connectivity index is 3.13. The van der Waals surface area contributed by atoms with E-state index < -0.39 is 4.92 Å². The minimum atomic E-state index is -0.552. The molecule has 1 aromatic rings. The van der Waals surface area contributed by atoms with Gasteiger partial charge >= 0.3 is 5.69 Å². The van der Waals surface area contributed by atoms with Crippen molar-refractivity contribution in [2.24, 2.45) is 0 Å². The number of carbonyl (C=O) groups excluding carboxylic acids is 1. The van der Waals surface area contributed by atoms with E-state index >= 15 is 0 Å². The lowest BCUT2D eigenvalue weighted by Gasteiger charge is -2.15. The molecule has 1 amide bonds. The first kappa shape index (κ1) is 16.4. The van der Waals surface area contributed by atoms with Crippen LogP contribution in [0.15, 0.2) is 18.2 Å². The third-order valence-electron chi connectivity index (χ3n) is 2.74. The molecule has 1 atom stereocenters. The van der Waals surface area contributed by atoms with Gasteiger partial charge < -0.3 is 10.1 Å². The number of amides is 1. The minimum absolute atomic E-state index is 0.0157. The van der Waals surface area contributed by atoms with E-state index in [1.807, 2.05) is 6.92 Å². The number of nitro groups is 1. The maximum atomic E-state index is 12.2. The van der Waals surface area contributed by atoms with Crippen LogP contribution in [-0.4, -0.2) is 28.8 Å². The highest BCUT2D eigenvalue weighted by Gasteiger charge is 2.23. The monoisotopic (exact) mass is 344 g/mol. The molecule has 0 aromatic heterocycles. The molecule has 20 heavy (non-hydrogen) atoms. The molecule has 0 aliphatic carbocycles. The smallest absolute Gasteiger partial charge is 0.311 e. The van der Waals surface area contributed by atoms with Crippen molar-refractivity contribution in [3.05, 3.63) is 33.9 Å². The predicted octanol–water partition coefficient (Wildman–Crippen LogP) is 2.90. The minimum Gasteiger partial charge on any atom is -0.487 e. The number of hydrogen-bond donors (Lipinski definition) is 1. The number of para-hydroxylation sites is 1.